The molecule has 2 aromatic carbocycles. The van der Waals surface area contributed by atoms with Crippen LogP contribution >= 0.6 is 0 Å². The van der Waals surface area contributed by atoms with Crippen molar-refractivity contribution in [3.05, 3.63) is 65.7 Å². The first-order valence-corrected chi connectivity index (χ1v) is 11.0. The highest BCUT2D eigenvalue weighted by molar-refractivity contribution is 5.91. The number of para-hydroxylation sites is 1. The standard InChI is InChI=1S/C20H28O6.C6H6O/c1-5-12-24-17(21)14-18(22)25-13-6-7-15-8-10-16(11-9-15)19(23)26-20(2,3)4;7-6-4-2-1-3-5-6/h8-11H,5-7,12-14H2,1-4H3;1-5,7H. The Bertz CT molecular complexity index is 852. The minimum Gasteiger partial charge on any atom is -0.508 e. The topological polar surface area (TPSA) is 99.1 Å². The van der Waals surface area contributed by atoms with E-state index in [2.05, 4.69) is 0 Å². The van der Waals surface area contributed by atoms with E-state index in [0.29, 0.717) is 37.2 Å². The lowest BCUT2D eigenvalue weighted by molar-refractivity contribution is -0.154. The molecule has 7 nitrogen and oxygen atoms in total. The lowest BCUT2D eigenvalue weighted by Crippen LogP contribution is -2.23. The van der Waals surface area contributed by atoms with Crippen molar-refractivity contribution in [3.63, 3.8) is 0 Å². The van der Waals surface area contributed by atoms with E-state index in [1.165, 1.54) is 0 Å². The Hall–Kier alpha value is -3.35. The summed E-state index contributed by atoms with van der Waals surface area (Å²) in [4.78, 5) is 34.7. The van der Waals surface area contributed by atoms with Crippen molar-refractivity contribution in [1.29, 1.82) is 0 Å². The molecule has 0 unspecified atom stereocenters. The molecule has 1 N–H and O–H groups in total. The summed E-state index contributed by atoms with van der Waals surface area (Å²) in [5.74, 6) is -1.17. The van der Waals surface area contributed by atoms with E-state index in [1.54, 1.807) is 36.4 Å². The first-order chi connectivity index (χ1) is 15.6. The van der Waals surface area contributed by atoms with Crippen LogP contribution in [0, 0.1) is 0 Å². The van der Waals surface area contributed by atoms with Gasteiger partial charge in [-0.05, 0) is 69.9 Å². The van der Waals surface area contributed by atoms with Gasteiger partial charge in [-0.2, -0.15) is 0 Å². The zero-order chi connectivity index (χ0) is 24.7. The van der Waals surface area contributed by atoms with Gasteiger partial charge in [-0.3, -0.25) is 9.59 Å². The van der Waals surface area contributed by atoms with Crippen LogP contribution < -0.4 is 0 Å². The van der Waals surface area contributed by atoms with Crippen LogP contribution in [0.4, 0.5) is 0 Å². The first kappa shape index (κ1) is 27.7. The molecule has 0 aliphatic carbocycles. The number of phenolic OH excluding ortho intramolecular Hbond substituents is 1. The molecular formula is C26H34O7. The number of carbonyl (C=O) groups excluding carboxylic acids is 3. The fourth-order valence-corrected chi connectivity index (χ4v) is 2.47. The summed E-state index contributed by atoms with van der Waals surface area (Å²) < 4.78 is 15.1. The number of ether oxygens (including phenoxy) is 3. The van der Waals surface area contributed by atoms with E-state index >= 15 is 0 Å². The molecule has 2 rings (SSSR count). The second-order valence-corrected chi connectivity index (χ2v) is 8.26. The highest BCUT2D eigenvalue weighted by Gasteiger charge is 2.17. The maximum Gasteiger partial charge on any atom is 0.338 e. The average molecular weight is 459 g/mol. The molecule has 0 saturated heterocycles. The Morgan fingerprint density at radius 2 is 1.42 bits per heavy atom. The molecule has 0 radical (unpaired) electrons. The normalized spacial score (nSPS) is 10.4. The highest BCUT2D eigenvalue weighted by atomic mass is 16.6. The SMILES string of the molecule is CCCOC(=O)CC(=O)OCCCc1ccc(C(=O)OC(C)(C)C)cc1.Oc1ccccc1. The summed E-state index contributed by atoms with van der Waals surface area (Å²) in [5, 5.41) is 8.63. The molecule has 0 aliphatic heterocycles. The zero-order valence-corrected chi connectivity index (χ0v) is 19.8. The Morgan fingerprint density at radius 3 is 1.91 bits per heavy atom. The first-order valence-electron chi connectivity index (χ1n) is 11.0. The minimum atomic E-state index is -0.577. The lowest BCUT2D eigenvalue weighted by Gasteiger charge is -2.19. The highest BCUT2D eigenvalue weighted by Crippen LogP contribution is 2.13. The molecule has 33 heavy (non-hydrogen) atoms. The van der Waals surface area contributed by atoms with Gasteiger partial charge in [0.1, 0.15) is 17.8 Å². The summed E-state index contributed by atoms with van der Waals surface area (Å²) >= 11 is 0. The third-order valence-corrected chi connectivity index (χ3v) is 3.97. The monoisotopic (exact) mass is 458 g/mol. The van der Waals surface area contributed by atoms with Gasteiger partial charge in [0, 0.05) is 0 Å². The second-order valence-electron chi connectivity index (χ2n) is 8.26. The van der Waals surface area contributed by atoms with E-state index in [9.17, 15) is 14.4 Å². The van der Waals surface area contributed by atoms with Crippen LogP contribution in [0.15, 0.2) is 54.6 Å². The minimum absolute atomic E-state index is 0.230. The molecule has 0 atom stereocenters. The molecule has 0 heterocycles. The quantitative estimate of drug-likeness (QED) is 0.248. The number of benzene rings is 2. The van der Waals surface area contributed by atoms with Gasteiger partial charge >= 0.3 is 17.9 Å². The molecule has 0 aromatic heterocycles. The smallest absolute Gasteiger partial charge is 0.338 e. The second kappa shape index (κ2) is 14.7. The van der Waals surface area contributed by atoms with Crippen molar-refractivity contribution in [2.45, 2.75) is 59.0 Å². The molecule has 0 spiro atoms. The Morgan fingerprint density at radius 1 is 0.848 bits per heavy atom. The number of phenols is 1. The van der Waals surface area contributed by atoms with Gasteiger partial charge in [0.15, 0.2) is 0 Å². The van der Waals surface area contributed by atoms with Crippen LogP contribution in [-0.4, -0.2) is 41.8 Å². The summed E-state index contributed by atoms with van der Waals surface area (Å²) in [6.07, 6.45) is 1.68. The van der Waals surface area contributed by atoms with Crippen LogP contribution in [0.2, 0.25) is 0 Å². The number of aromatic hydroxyl groups is 1. The Balaban J connectivity index is 0.000000657. The van der Waals surface area contributed by atoms with Crippen LogP contribution in [0.5, 0.6) is 5.75 Å². The van der Waals surface area contributed by atoms with Crippen molar-refractivity contribution in [1.82, 2.24) is 0 Å². The van der Waals surface area contributed by atoms with Crippen molar-refractivity contribution < 1.29 is 33.7 Å². The van der Waals surface area contributed by atoms with Gasteiger partial charge in [-0.1, -0.05) is 37.3 Å². The summed E-state index contributed by atoms with van der Waals surface area (Å²) in [5.41, 5.74) is 0.999. The predicted molar refractivity (Wildman–Crippen MR) is 125 cm³/mol. The average Bonchev–Trinajstić information content (AvgIpc) is 2.75. The molecule has 0 amide bonds. The van der Waals surface area contributed by atoms with Gasteiger partial charge in [0.05, 0.1) is 18.8 Å². The van der Waals surface area contributed by atoms with Gasteiger partial charge in [0.25, 0.3) is 0 Å². The van der Waals surface area contributed by atoms with Crippen molar-refractivity contribution >= 4 is 17.9 Å². The number of aryl methyl sites for hydroxylation is 1. The van der Waals surface area contributed by atoms with Crippen molar-refractivity contribution in [2.24, 2.45) is 0 Å². The van der Waals surface area contributed by atoms with Gasteiger partial charge < -0.3 is 19.3 Å². The Kier molecular flexibility index (Phi) is 12.3. The van der Waals surface area contributed by atoms with Crippen LogP contribution in [-0.2, 0) is 30.2 Å². The van der Waals surface area contributed by atoms with Crippen molar-refractivity contribution in [2.75, 3.05) is 13.2 Å². The zero-order valence-electron chi connectivity index (χ0n) is 19.8. The molecule has 2 aromatic rings. The lowest BCUT2D eigenvalue weighted by atomic mass is 10.1. The molecule has 7 heteroatoms. The molecule has 0 bridgehead atoms. The Labute approximate surface area is 195 Å². The summed E-state index contributed by atoms with van der Waals surface area (Å²) in [7, 11) is 0. The number of hydrogen-bond donors (Lipinski definition) is 1. The molecular weight excluding hydrogens is 424 g/mol. The van der Waals surface area contributed by atoms with Gasteiger partial charge in [0.2, 0.25) is 0 Å². The number of carbonyl (C=O) groups is 3. The van der Waals surface area contributed by atoms with Gasteiger partial charge in [-0.25, -0.2) is 4.79 Å². The maximum atomic E-state index is 11.9. The summed E-state index contributed by atoms with van der Waals surface area (Å²) in [6.45, 7) is 7.89. The fourth-order valence-electron chi connectivity index (χ4n) is 2.47. The van der Waals surface area contributed by atoms with E-state index < -0.39 is 17.5 Å². The largest absolute Gasteiger partial charge is 0.508 e. The van der Waals surface area contributed by atoms with Crippen molar-refractivity contribution in [3.8, 4) is 5.75 Å². The predicted octanol–water partition coefficient (Wildman–Crippen LogP) is 4.85. The number of hydrogen-bond acceptors (Lipinski definition) is 7. The summed E-state index contributed by atoms with van der Waals surface area (Å²) in [6, 6.07) is 15.9. The molecule has 180 valence electrons. The number of rotatable bonds is 9. The van der Waals surface area contributed by atoms with Crippen LogP contribution in [0.3, 0.4) is 0 Å². The van der Waals surface area contributed by atoms with E-state index in [0.717, 1.165) is 5.56 Å². The van der Waals surface area contributed by atoms with E-state index in [4.69, 9.17) is 19.3 Å². The molecule has 0 aliphatic rings. The van der Waals surface area contributed by atoms with Crippen LogP contribution in [0.1, 0.15) is 62.9 Å². The number of esters is 3. The molecule has 0 saturated carbocycles. The van der Waals surface area contributed by atoms with E-state index in [1.807, 2.05) is 45.9 Å². The third-order valence-electron chi connectivity index (χ3n) is 3.97. The van der Waals surface area contributed by atoms with E-state index in [-0.39, 0.29) is 19.0 Å². The van der Waals surface area contributed by atoms with Gasteiger partial charge in [-0.15, -0.1) is 0 Å². The fraction of sp³-hybridized carbons (Fsp3) is 0.423. The third kappa shape index (κ3) is 13.6. The maximum absolute atomic E-state index is 11.9. The molecule has 0 fully saturated rings. The van der Waals surface area contributed by atoms with Crippen LogP contribution in [0.25, 0.3) is 0 Å².